The first-order valence-electron chi connectivity index (χ1n) is 17.4. The summed E-state index contributed by atoms with van der Waals surface area (Å²) in [6.45, 7) is 11.5. The van der Waals surface area contributed by atoms with Crippen molar-refractivity contribution in [2.24, 2.45) is 0 Å². The number of rotatable bonds is 23. The van der Waals surface area contributed by atoms with Crippen LogP contribution in [0, 0.1) is 6.92 Å². The van der Waals surface area contributed by atoms with E-state index < -0.39 is 0 Å². The van der Waals surface area contributed by atoms with Crippen molar-refractivity contribution in [2.75, 3.05) is 0 Å². The van der Waals surface area contributed by atoms with Crippen LogP contribution in [0.3, 0.4) is 0 Å². The summed E-state index contributed by atoms with van der Waals surface area (Å²) in [5.74, 6) is -0.162. The Morgan fingerprint density at radius 2 is 0.927 bits per heavy atom. The highest BCUT2D eigenvalue weighted by atomic mass is 16.5. The maximum atomic E-state index is 13.5. The first-order chi connectivity index (χ1) is 20.0. The van der Waals surface area contributed by atoms with Crippen LogP contribution in [-0.4, -0.2) is 5.97 Å². The normalized spacial score (nSPS) is 11.2. The first kappa shape index (κ1) is 35.1. The molecule has 2 nitrogen and oxygen atoms in total. The number of hydrogen-bond donors (Lipinski definition) is 0. The standard InChI is InChI=1S/C39H62O2/c1-6-10-14-18-22-33-26-34(23-19-15-11-7-2)28-36(27-33)31-41-39(40)38-30-35(24-20-16-12-8-3)29-37(32(38)5)25-21-17-13-9-4/h26-30H,6-25,31H2,1-5H3. The van der Waals surface area contributed by atoms with Crippen molar-refractivity contribution in [1.29, 1.82) is 0 Å². The van der Waals surface area contributed by atoms with Gasteiger partial charge in [-0.15, -0.1) is 0 Å². The van der Waals surface area contributed by atoms with E-state index in [1.54, 1.807) is 0 Å². The number of hydrogen-bond acceptors (Lipinski definition) is 2. The molecule has 0 spiro atoms. The van der Waals surface area contributed by atoms with Crippen LogP contribution in [0.25, 0.3) is 0 Å². The van der Waals surface area contributed by atoms with Crippen molar-refractivity contribution in [3.63, 3.8) is 0 Å². The number of carbonyl (C=O) groups is 1. The summed E-state index contributed by atoms with van der Waals surface area (Å²) in [5.41, 5.74) is 8.48. The van der Waals surface area contributed by atoms with Crippen LogP contribution in [0.2, 0.25) is 0 Å². The molecule has 0 N–H and O–H groups in total. The van der Waals surface area contributed by atoms with E-state index in [-0.39, 0.29) is 5.97 Å². The van der Waals surface area contributed by atoms with E-state index >= 15 is 0 Å². The second-order valence-corrected chi connectivity index (χ2v) is 12.4. The van der Waals surface area contributed by atoms with Crippen LogP contribution in [0.1, 0.15) is 174 Å². The molecule has 0 aliphatic carbocycles. The molecule has 0 bridgehead atoms. The Hall–Kier alpha value is -2.09. The van der Waals surface area contributed by atoms with E-state index in [2.05, 4.69) is 65.0 Å². The summed E-state index contributed by atoms with van der Waals surface area (Å²) in [4.78, 5) is 13.5. The zero-order valence-electron chi connectivity index (χ0n) is 27.6. The Balaban J connectivity index is 2.17. The van der Waals surface area contributed by atoms with Crippen molar-refractivity contribution < 1.29 is 9.53 Å². The van der Waals surface area contributed by atoms with E-state index in [4.69, 9.17) is 4.74 Å². The summed E-state index contributed by atoms with van der Waals surface area (Å²) in [6, 6.07) is 11.5. The third kappa shape index (κ3) is 14.1. The van der Waals surface area contributed by atoms with Crippen molar-refractivity contribution in [2.45, 2.75) is 170 Å². The van der Waals surface area contributed by atoms with Crippen LogP contribution in [0.5, 0.6) is 0 Å². The molecule has 0 saturated carbocycles. The minimum atomic E-state index is -0.162. The van der Waals surface area contributed by atoms with Gasteiger partial charge in [0.2, 0.25) is 0 Å². The molecule has 0 saturated heterocycles. The molecule has 230 valence electrons. The van der Waals surface area contributed by atoms with E-state index in [1.807, 2.05) is 0 Å². The molecular weight excluding hydrogens is 500 g/mol. The third-order valence-electron chi connectivity index (χ3n) is 8.53. The van der Waals surface area contributed by atoms with E-state index in [9.17, 15) is 4.79 Å². The van der Waals surface area contributed by atoms with Crippen LogP contribution < -0.4 is 0 Å². The Labute approximate surface area is 254 Å². The van der Waals surface area contributed by atoms with Gasteiger partial charge in [-0.3, -0.25) is 0 Å². The molecule has 2 heteroatoms. The average molecular weight is 563 g/mol. The summed E-state index contributed by atoms with van der Waals surface area (Å²) in [7, 11) is 0. The molecule has 0 fully saturated rings. The Morgan fingerprint density at radius 1 is 0.512 bits per heavy atom. The number of unbranched alkanes of at least 4 members (excludes halogenated alkanes) is 12. The topological polar surface area (TPSA) is 26.3 Å². The number of carbonyl (C=O) groups excluding carboxylic acids is 1. The Morgan fingerprint density at radius 3 is 1.39 bits per heavy atom. The van der Waals surface area contributed by atoms with E-state index in [0.717, 1.165) is 42.4 Å². The van der Waals surface area contributed by atoms with Crippen molar-refractivity contribution in [3.8, 4) is 0 Å². The summed E-state index contributed by atoms with van der Waals surface area (Å²) in [6.07, 6.45) is 24.4. The van der Waals surface area contributed by atoms with E-state index in [1.165, 1.54) is 125 Å². The van der Waals surface area contributed by atoms with Gasteiger partial charge in [-0.25, -0.2) is 4.79 Å². The quantitative estimate of drug-likeness (QED) is 0.0994. The minimum absolute atomic E-state index is 0.162. The second-order valence-electron chi connectivity index (χ2n) is 12.4. The molecule has 0 unspecified atom stereocenters. The van der Waals surface area contributed by atoms with Gasteiger partial charge in [0.1, 0.15) is 6.61 Å². The lowest BCUT2D eigenvalue weighted by atomic mass is 9.93. The number of ether oxygens (including phenoxy) is 1. The van der Waals surface area contributed by atoms with Crippen molar-refractivity contribution >= 4 is 5.97 Å². The van der Waals surface area contributed by atoms with Gasteiger partial charge in [-0.05, 0) is 97.7 Å². The fourth-order valence-corrected chi connectivity index (χ4v) is 5.90. The van der Waals surface area contributed by atoms with Gasteiger partial charge in [0.15, 0.2) is 0 Å². The molecule has 41 heavy (non-hydrogen) atoms. The second kappa shape index (κ2) is 21.6. The lowest BCUT2D eigenvalue weighted by Gasteiger charge is -2.15. The molecule has 0 aliphatic rings. The molecule has 2 rings (SSSR count). The number of benzene rings is 2. The minimum Gasteiger partial charge on any atom is -0.457 e. The van der Waals surface area contributed by atoms with Gasteiger partial charge in [-0.2, -0.15) is 0 Å². The smallest absolute Gasteiger partial charge is 0.338 e. The summed E-state index contributed by atoms with van der Waals surface area (Å²) < 4.78 is 6.05. The first-order valence-corrected chi connectivity index (χ1v) is 17.4. The molecule has 2 aromatic carbocycles. The molecule has 2 aromatic rings. The third-order valence-corrected chi connectivity index (χ3v) is 8.53. The van der Waals surface area contributed by atoms with Crippen LogP contribution in [-0.2, 0) is 37.0 Å². The van der Waals surface area contributed by atoms with Crippen LogP contribution >= 0.6 is 0 Å². The Kier molecular flexibility index (Phi) is 18.5. The fraction of sp³-hybridized carbons (Fsp3) is 0.667. The zero-order valence-corrected chi connectivity index (χ0v) is 27.6. The summed E-state index contributed by atoms with van der Waals surface area (Å²) in [5, 5.41) is 0. The molecule has 0 amide bonds. The maximum absolute atomic E-state index is 13.5. The molecular formula is C39H62O2. The predicted octanol–water partition coefficient (Wildman–Crippen LogP) is 11.8. The zero-order chi connectivity index (χ0) is 29.7. The van der Waals surface area contributed by atoms with Gasteiger partial charge in [0.05, 0.1) is 5.56 Å². The van der Waals surface area contributed by atoms with Crippen molar-refractivity contribution in [3.05, 3.63) is 69.3 Å². The predicted molar refractivity (Wildman–Crippen MR) is 178 cm³/mol. The summed E-state index contributed by atoms with van der Waals surface area (Å²) >= 11 is 0. The maximum Gasteiger partial charge on any atom is 0.338 e. The van der Waals surface area contributed by atoms with Gasteiger partial charge < -0.3 is 4.74 Å². The van der Waals surface area contributed by atoms with Gasteiger partial charge in [0.25, 0.3) is 0 Å². The molecule has 0 aliphatic heterocycles. The van der Waals surface area contributed by atoms with Gasteiger partial charge >= 0.3 is 5.97 Å². The highest BCUT2D eigenvalue weighted by molar-refractivity contribution is 5.91. The number of esters is 1. The van der Waals surface area contributed by atoms with Crippen LogP contribution in [0.15, 0.2) is 30.3 Å². The monoisotopic (exact) mass is 562 g/mol. The highest BCUT2D eigenvalue weighted by Gasteiger charge is 2.16. The molecule has 0 aromatic heterocycles. The average Bonchev–Trinajstić information content (AvgIpc) is 2.98. The SMILES string of the molecule is CCCCCCc1cc(CCCCCC)cc(COC(=O)c2cc(CCCCCC)cc(CCCCCC)c2C)c1. The number of aryl methyl sites for hydroxylation is 4. The fourth-order valence-electron chi connectivity index (χ4n) is 5.90. The van der Waals surface area contributed by atoms with Crippen molar-refractivity contribution in [1.82, 2.24) is 0 Å². The molecule has 0 heterocycles. The highest BCUT2D eigenvalue weighted by Crippen LogP contribution is 2.24. The van der Waals surface area contributed by atoms with Gasteiger partial charge in [0, 0.05) is 0 Å². The van der Waals surface area contributed by atoms with Gasteiger partial charge in [-0.1, -0.05) is 129 Å². The lowest BCUT2D eigenvalue weighted by molar-refractivity contribution is 0.0471. The molecule has 0 radical (unpaired) electrons. The Bertz CT molecular complexity index is 959. The largest absolute Gasteiger partial charge is 0.457 e. The lowest BCUT2D eigenvalue weighted by Crippen LogP contribution is -2.10. The molecule has 0 atom stereocenters. The van der Waals surface area contributed by atoms with Crippen LogP contribution in [0.4, 0.5) is 0 Å². The van der Waals surface area contributed by atoms with E-state index in [0.29, 0.717) is 6.61 Å².